The highest BCUT2D eigenvalue weighted by Crippen LogP contribution is 2.38. The minimum atomic E-state index is -2.64. The number of benzene rings is 1. The van der Waals surface area contributed by atoms with E-state index in [4.69, 9.17) is 4.74 Å². The average molecular weight is 414 g/mol. The third-order valence-corrected chi connectivity index (χ3v) is 5.37. The predicted octanol–water partition coefficient (Wildman–Crippen LogP) is 3.03. The van der Waals surface area contributed by atoms with E-state index in [0.717, 1.165) is 5.56 Å². The number of hydrogen-bond donors (Lipinski definition) is 1. The number of piperidine rings is 1. The van der Waals surface area contributed by atoms with Crippen LogP contribution in [0.2, 0.25) is 0 Å². The van der Waals surface area contributed by atoms with Gasteiger partial charge in [-0.15, -0.1) is 0 Å². The van der Waals surface area contributed by atoms with Crippen LogP contribution in [0.15, 0.2) is 30.3 Å². The summed E-state index contributed by atoms with van der Waals surface area (Å²) in [7, 11) is 0. The summed E-state index contributed by atoms with van der Waals surface area (Å²) in [6.45, 7) is 3.43. The van der Waals surface area contributed by atoms with E-state index in [2.05, 4.69) is 20.2 Å². The Morgan fingerprint density at radius 3 is 2.57 bits per heavy atom. The van der Waals surface area contributed by atoms with Crippen LogP contribution < -0.4 is 15.1 Å². The molecule has 0 saturated carbocycles. The molecule has 1 aromatic carbocycles. The van der Waals surface area contributed by atoms with E-state index in [1.165, 1.54) is 0 Å². The van der Waals surface area contributed by atoms with Crippen LogP contribution in [0.5, 0.6) is 0 Å². The maximum Gasteiger partial charge on any atom is 0.251 e. The van der Waals surface area contributed by atoms with Gasteiger partial charge in [0, 0.05) is 45.6 Å². The third kappa shape index (κ3) is 4.60. The molecule has 2 aromatic rings. The quantitative estimate of drug-likeness (QED) is 0.728. The van der Waals surface area contributed by atoms with Gasteiger partial charge in [-0.05, 0) is 5.56 Å². The summed E-state index contributed by atoms with van der Waals surface area (Å²) in [6, 6.07) is 11.9. The number of aromatic nitrogens is 2. The normalized spacial score (nSPS) is 17.8. The molecule has 2 aliphatic heterocycles. The van der Waals surface area contributed by atoms with Gasteiger partial charge in [0.15, 0.2) is 11.6 Å². The molecular formula is C21H24F2N6O. The number of nitrogens with zero attached hydrogens (tertiary/aromatic N) is 5. The topological polar surface area (TPSA) is 77.3 Å². The Kier molecular flexibility index (Phi) is 5.95. The van der Waals surface area contributed by atoms with Gasteiger partial charge in [0.05, 0.1) is 13.2 Å². The first-order valence-electron chi connectivity index (χ1n) is 10.1. The third-order valence-electron chi connectivity index (χ3n) is 5.37. The summed E-state index contributed by atoms with van der Waals surface area (Å²) >= 11 is 0. The minimum Gasteiger partial charge on any atom is -0.377 e. The molecule has 158 valence electrons. The molecule has 0 amide bonds. The number of ether oxygens (including phenoxy) is 1. The lowest BCUT2D eigenvalue weighted by atomic mass is 10.1. The van der Waals surface area contributed by atoms with Crippen LogP contribution in [0.25, 0.3) is 0 Å². The van der Waals surface area contributed by atoms with Gasteiger partial charge in [-0.2, -0.15) is 15.2 Å². The lowest BCUT2D eigenvalue weighted by Crippen LogP contribution is -2.42. The summed E-state index contributed by atoms with van der Waals surface area (Å²) < 4.78 is 33.0. The first-order valence-corrected chi connectivity index (χ1v) is 10.1. The summed E-state index contributed by atoms with van der Waals surface area (Å²) in [6.07, 6.45) is -0.435. The van der Waals surface area contributed by atoms with Crippen molar-refractivity contribution in [1.82, 2.24) is 9.97 Å². The van der Waals surface area contributed by atoms with Gasteiger partial charge in [0.1, 0.15) is 11.8 Å². The zero-order chi connectivity index (χ0) is 21.0. The molecule has 7 nitrogen and oxygen atoms in total. The Hall–Kier alpha value is -2.99. The number of halogens is 2. The first-order chi connectivity index (χ1) is 14.6. The molecule has 0 aliphatic carbocycles. The van der Waals surface area contributed by atoms with Gasteiger partial charge in [-0.1, -0.05) is 30.3 Å². The van der Waals surface area contributed by atoms with Gasteiger partial charge in [0.25, 0.3) is 5.92 Å². The molecule has 2 aliphatic rings. The molecule has 0 atom stereocenters. The number of rotatable bonds is 6. The second-order valence-electron chi connectivity index (χ2n) is 7.48. The highest BCUT2D eigenvalue weighted by atomic mass is 19.3. The van der Waals surface area contributed by atoms with Gasteiger partial charge in [-0.25, -0.2) is 8.78 Å². The van der Waals surface area contributed by atoms with Gasteiger partial charge >= 0.3 is 0 Å². The van der Waals surface area contributed by atoms with E-state index in [-0.39, 0.29) is 31.8 Å². The van der Waals surface area contributed by atoms with Gasteiger partial charge in [0.2, 0.25) is 5.82 Å². The zero-order valence-corrected chi connectivity index (χ0v) is 16.7. The largest absolute Gasteiger partial charge is 0.377 e. The molecule has 0 spiro atoms. The smallest absolute Gasteiger partial charge is 0.251 e. The van der Waals surface area contributed by atoms with E-state index in [9.17, 15) is 14.0 Å². The van der Waals surface area contributed by atoms with E-state index in [1.807, 2.05) is 41.3 Å². The molecule has 1 N–H and O–H groups in total. The van der Waals surface area contributed by atoms with E-state index in [1.54, 1.807) is 0 Å². The van der Waals surface area contributed by atoms with Crippen LogP contribution in [-0.4, -0.2) is 55.2 Å². The first kappa shape index (κ1) is 20.3. The highest BCUT2D eigenvalue weighted by molar-refractivity contribution is 5.80. The summed E-state index contributed by atoms with van der Waals surface area (Å²) in [5.41, 5.74) is 1.81. The Bertz CT molecular complexity index is 908. The highest BCUT2D eigenvalue weighted by Gasteiger charge is 2.36. The molecule has 1 aromatic heterocycles. The molecule has 0 bridgehead atoms. The van der Waals surface area contributed by atoms with Gasteiger partial charge < -0.3 is 19.9 Å². The SMILES string of the molecule is N#Cc1nc2c(c(N3CCC(F)(F)CC3)n1)NCCN2CCOCc1ccccc1. The Labute approximate surface area is 174 Å². The molecule has 9 heteroatoms. The molecule has 3 heterocycles. The van der Waals surface area contributed by atoms with Crippen molar-refractivity contribution in [2.75, 3.05) is 54.4 Å². The van der Waals surface area contributed by atoms with E-state index >= 15 is 0 Å². The second kappa shape index (κ2) is 8.79. The molecular weight excluding hydrogens is 390 g/mol. The van der Waals surface area contributed by atoms with Crippen LogP contribution >= 0.6 is 0 Å². The number of anilines is 3. The fourth-order valence-electron chi connectivity index (χ4n) is 3.73. The lowest BCUT2D eigenvalue weighted by Gasteiger charge is -2.37. The molecule has 0 unspecified atom stereocenters. The van der Waals surface area contributed by atoms with Crippen LogP contribution in [0.4, 0.5) is 26.1 Å². The van der Waals surface area contributed by atoms with E-state index < -0.39 is 5.92 Å². The lowest BCUT2D eigenvalue weighted by molar-refractivity contribution is -0.0221. The summed E-state index contributed by atoms with van der Waals surface area (Å²) in [4.78, 5) is 12.6. The van der Waals surface area contributed by atoms with Crippen molar-refractivity contribution in [2.45, 2.75) is 25.4 Å². The average Bonchev–Trinajstić information content (AvgIpc) is 2.77. The van der Waals surface area contributed by atoms with Crippen LogP contribution in [0.1, 0.15) is 24.2 Å². The molecule has 0 radical (unpaired) electrons. The summed E-state index contributed by atoms with van der Waals surface area (Å²) in [5.74, 6) is -1.44. The number of alkyl halides is 2. The fourth-order valence-corrected chi connectivity index (χ4v) is 3.73. The zero-order valence-electron chi connectivity index (χ0n) is 16.7. The maximum absolute atomic E-state index is 13.6. The van der Waals surface area contributed by atoms with E-state index in [0.29, 0.717) is 50.2 Å². The number of fused-ring (bicyclic) bond motifs is 1. The van der Waals surface area contributed by atoms with Crippen LogP contribution in [0, 0.1) is 11.3 Å². The van der Waals surface area contributed by atoms with Crippen molar-refractivity contribution < 1.29 is 13.5 Å². The molecule has 1 fully saturated rings. The Morgan fingerprint density at radius 1 is 1.10 bits per heavy atom. The van der Waals surface area contributed by atoms with Crippen LogP contribution in [0.3, 0.4) is 0 Å². The van der Waals surface area contributed by atoms with Gasteiger partial charge in [-0.3, -0.25) is 0 Å². The summed E-state index contributed by atoms with van der Waals surface area (Å²) in [5, 5.41) is 12.7. The second-order valence-corrected chi connectivity index (χ2v) is 7.48. The van der Waals surface area contributed by atoms with Crippen molar-refractivity contribution in [3.05, 3.63) is 41.7 Å². The predicted molar refractivity (Wildman–Crippen MR) is 110 cm³/mol. The maximum atomic E-state index is 13.6. The number of nitrogens with one attached hydrogen (secondary N) is 1. The number of hydrogen-bond acceptors (Lipinski definition) is 7. The Balaban J connectivity index is 1.47. The molecule has 1 saturated heterocycles. The van der Waals surface area contributed by atoms with Crippen molar-refractivity contribution in [3.63, 3.8) is 0 Å². The minimum absolute atomic E-state index is 0.0417. The monoisotopic (exact) mass is 414 g/mol. The van der Waals surface area contributed by atoms with Crippen molar-refractivity contribution in [1.29, 1.82) is 5.26 Å². The van der Waals surface area contributed by atoms with Crippen LogP contribution in [-0.2, 0) is 11.3 Å². The number of nitriles is 1. The standard InChI is InChI=1S/C21H24F2N6O/c22-21(23)6-9-28(10-7-21)19-18-20(27-17(14-24)26-19)29(11-8-25-18)12-13-30-15-16-4-2-1-3-5-16/h1-5,25H,6-13,15H2. The fraction of sp³-hybridized carbons (Fsp3) is 0.476. The molecule has 30 heavy (non-hydrogen) atoms. The Morgan fingerprint density at radius 2 is 1.83 bits per heavy atom. The van der Waals surface area contributed by atoms with Crippen molar-refractivity contribution in [3.8, 4) is 6.07 Å². The van der Waals surface area contributed by atoms with Crippen molar-refractivity contribution >= 4 is 17.3 Å². The van der Waals surface area contributed by atoms with Crippen molar-refractivity contribution in [2.24, 2.45) is 0 Å². The molecule has 4 rings (SSSR count).